The van der Waals surface area contributed by atoms with Crippen LogP contribution in [0.15, 0.2) is 77.6 Å². The Hall–Kier alpha value is -3.34. The summed E-state index contributed by atoms with van der Waals surface area (Å²) in [6.45, 7) is 2.04. The number of ether oxygens (including phenoxy) is 1. The summed E-state index contributed by atoms with van der Waals surface area (Å²) in [5.41, 5.74) is 1.78. The van der Waals surface area contributed by atoms with Crippen LogP contribution in [0.3, 0.4) is 0 Å². The first-order valence-corrected chi connectivity index (χ1v) is 9.99. The number of carbonyl (C=O) groups excluding carboxylic acids is 1. The van der Waals surface area contributed by atoms with Crippen molar-refractivity contribution in [2.45, 2.75) is 18.9 Å². The molecule has 2 bridgehead atoms. The minimum atomic E-state index is 0.0395. The van der Waals surface area contributed by atoms with E-state index in [2.05, 4.69) is 0 Å². The molecule has 1 amide bonds. The van der Waals surface area contributed by atoms with Gasteiger partial charge in [0.05, 0.1) is 0 Å². The van der Waals surface area contributed by atoms with E-state index in [4.69, 9.17) is 4.74 Å². The Balaban J connectivity index is 1.32. The van der Waals surface area contributed by atoms with Crippen LogP contribution in [-0.2, 0) is 6.54 Å². The van der Waals surface area contributed by atoms with E-state index in [1.165, 1.54) is 0 Å². The summed E-state index contributed by atoms with van der Waals surface area (Å²) >= 11 is 0. The number of benzene rings is 2. The first-order chi connectivity index (χ1) is 14.2. The van der Waals surface area contributed by atoms with Crippen LogP contribution in [0.1, 0.15) is 28.4 Å². The predicted octanol–water partition coefficient (Wildman–Crippen LogP) is 3.90. The number of likely N-dealkylation sites (tertiary alicyclic amines) is 1. The van der Waals surface area contributed by atoms with Crippen LogP contribution in [0.5, 0.6) is 11.5 Å². The van der Waals surface area contributed by atoms with Crippen molar-refractivity contribution in [3.63, 3.8) is 0 Å². The topological polar surface area (TPSA) is 51.5 Å². The first-order valence-electron chi connectivity index (χ1n) is 9.99. The average molecular weight is 386 g/mol. The van der Waals surface area contributed by atoms with Crippen molar-refractivity contribution >= 4 is 5.91 Å². The van der Waals surface area contributed by atoms with Crippen molar-refractivity contribution in [2.24, 2.45) is 5.92 Å². The largest absolute Gasteiger partial charge is 0.457 e. The van der Waals surface area contributed by atoms with Crippen LogP contribution in [0.2, 0.25) is 0 Å². The number of para-hydroxylation sites is 1. The molecule has 2 aliphatic heterocycles. The van der Waals surface area contributed by atoms with Crippen molar-refractivity contribution in [3.8, 4) is 11.5 Å². The van der Waals surface area contributed by atoms with Crippen LogP contribution < -0.4 is 10.3 Å². The van der Waals surface area contributed by atoms with Gasteiger partial charge >= 0.3 is 0 Å². The minimum Gasteiger partial charge on any atom is -0.457 e. The van der Waals surface area contributed by atoms with Gasteiger partial charge in [-0.1, -0.05) is 24.3 Å². The highest BCUT2D eigenvalue weighted by Gasteiger charge is 2.36. The van der Waals surface area contributed by atoms with Crippen LogP contribution in [0, 0.1) is 5.92 Å². The van der Waals surface area contributed by atoms with Gasteiger partial charge in [0.2, 0.25) is 0 Å². The number of hydrogen-bond acceptors (Lipinski definition) is 3. The molecule has 3 heterocycles. The molecule has 146 valence electrons. The number of hydrogen-bond donors (Lipinski definition) is 0. The lowest BCUT2D eigenvalue weighted by atomic mass is 9.83. The maximum Gasteiger partial charge on any atom is 0.253 e. The van der Waals surface area contributed by atoms with Crippen molar-refractivity contribution in [1.29, 1.82) is 0 Å². The number of carbonyl (C=O) groups is 1. The molecule has 0 spiro atoms. The molecule has 2 unspecified atom stereocenters. The number of aromatic nitrogens is 1. The van der Waals surface area contributed by atoms with Crippen LogP contribution in [0.25, 0.3) is 0 Å². The fraction of sp³-hybridized carbons (Fsp3) is 0.250. The monoisotopic (exact) mass is 386 g/mol. The third-order valence-electron chi connectivity index (χ3n) is 5.85. The third kappa shape index (κ3) is 3.44. The zero-order valence-corrected chi connectivity index (χ0v) is 16.0. The summed E-state index contributed by atoms with van der Waals surface area (Å²) < 4.78 is 7.70. The van der Waals surface area contributed by atoms with Gasteiger partial charge in [0, 0.05) is 42.9 Å². The molecule has 2 atom stereocenters. The second-order valence-corrected chi connectivity index (χ2v) is 7.85. The summed E-state index contributed by atoms with van der Waals surface area (Å²) in [5.74, 6) is 2.06. The van der Waals surface area contributed by atoms with Crippen molar-refractivity contribution in [2.75, 3.05) is 13.1 Å². The highest BCUT2D eigenvalue weighted by atomic mass is 16.5. The predicted molar refractivity (Wildman–Crippen MR) is 110 cm³/mol. The quantitative estimate of drug-likeness (QED) is 0.686. The van der Waals surface area contributed by atoms with E-state index in [0.29, 0.717) is 36.9 Å². The first kappa shape index (κ1) is 17.7. The van der Waals surface area contributed by atoms with Gasteiger partial charge in [-0.3, -0.25) is 9.59 Å². The molecule has 0 aliphatic carbocycles. The number of fused-ring (bicyclic) bond motifs is 4. The molecule has 2 aromatic carbocycles. The highest BCUT2D eigenvalue weighted by molar-refractivity contribution is 5.94. The van der Waals surface area contributed by atoms with Gasteiger partial charge < -0.3 is 14.2 Å². The van der Waals surface area contributed by atoms with Crippen LogP contribution in [0.4, 0.5) is 0 Å². The maximum absolute atomic E-state index is 13.1. The molecule has 1 fully saturated rings. The molecule has 0 N–H and O–H groups in total. The van der Waals surface area contributed by atoms with Gasteiger partial charge in [0.15, 0.2) is 0 Å². The Kier molecular flexibility index (Phi) is 4.43. The van der Waals surface area contributed by atoms with Crippen molar-refractivity contribution in [1.82, 2.24) is 9.47 Å². The molecule has 3 aromatic rings. The van der Waals surface area contributed by atoms with E-state index in [9.17, 15) is 9.59 Å². The number of pyridine rings is 1. The highest BCUT2D eigenvalue weighted by Crippen LogP contribution is 2.35. The van der Waals surface area contributed by atoms with Gasteiger partial charge in [0.25, 0.3) is 11.5 Å². The molecule has 5 rings (SSSR count). The Morgan fingerprint density at radius 3 is 2.38 bits per heavy atom. The number of nitrogens with zero attached hydrogens (tertiary/aromatic N) is 2. The van der Waals surface area contributed by atoms with Crippen LogP contribution in [-0.4, -0.2) is 28.5 Å². The normalized spacial score (nSPS) is 20.1. The fourth-order valence-electron chi connectivity index (χ4n) is 4.54. The minimum absolute atomic E-state index is 0.0395. The Morgan fingerprint density at radius 1 is 0.828 bits per heavy atom. The average Bonchev–Trinajstić information content (AvgIpc) is 2.75. The molecular weight excluding hydrogens is 364 g/mol. The maximum atomic E-state index is 13.1. The number of rotatable bonds is 3. The molecule has 1 aromatic heterocycles. The summed E-state index contributed by atoms with van der Waals surface area (Å²) in [7, 11) is 0. The summed E-state index contributed by atoms with van der Waals surface area (Å²) in [6.07, 6.45) is 1.04. The van der Waals surface area contributed by atoms with E-state index in [1.54, 1.807) is 6.07 Å². The smallest absolute Gasteiger partial charge is 0.253 e. The molecule has 1 saturated heterocycles. The van der Waals surface area contributed by atoms with Crippen LogP contribution >= 0.6 is 0 Å². The lowest BCUT2D eigenvalue weighted by Crippen LogP contribution is -2.49. The second-order valence-electron chi connectivity index (χ2n) is 7.85. The van der Waals surface area contributed by atoms with E-state index in [1.807, 2.05) is 76.2 Å². The van der Waals surface area contributed by atoms with Gasteiger partial charge in [-0.15, -0.1) is 0 Å². The van der Waals surface area contributed by atoms with Gasteiger partial charge in [0.1, 0.15) is 11.5 Å². The summed E-state index contributed by atoms with van der Waals surface area (Å²) in [6, 6.07) is 22.4. The standard InChI is InChI=1S/C24H22N2O3/c27-23-8-4-7-22-19-13-17(15-26(22)23)14-25(16-19)24(28)18-9-11-21(12-10-18)29-20-5-2-1-3-6-20/h1-12,17,19H,13-16H2. The van der Waals surface area contributed by atoms with E-state index in [-0.39, 0.29) is 17.4 Å². The molecule has 5 nitrogen and oxygen atoms in total. The molecule has 5 heteroatoms. The zero-order valence-electron chi connectivity index (χ0n) is 16.0. The van der Waals surface area contributed by atoms with E-state index in [0.717, 1.165) is 17.9 Å². The summed E-state index contributed by atoms with van der Waals surface area (Å²) in [5, 5.41) is 0. The molecule has 2 aliphatic rings. The molecule has 0 saturated carbocycles. The van der Waals surface area contributed by atoms with Gasteiger partial charge in [-0.05, 0) is 54.8 Å². The summed E-state index contributed by atoms with van der Waals surface area (Å²) in [4.78, 5) is 27.2. The number of amides is 1. The molecular formula is C24H22N2O3. The fourth-order valence-corrected chi connectivity index (χ4v) is 4.54. The molecule has 29 heavy (non-hydrogen) atoms. The van der Waals surface area contributed by atoms with E-state index < -0.39 is 0 Å². The molecule has 0 radical (unpaired) electrons. The second kappa shape index (κ2) is 7.24. The SMILES string of the molecule is O=C(c1ccc(Oc2ccccc2)cc1)N1CC2CC(C1)c1cccc(=O)n1C2. The zero-order chi connectivity index (χ0) is 19.8. The Morgan fingerprint density at radius 2 is 1.59 bits per heavy atom. The van der Waals surface area contributed by atoms with Crippen molar-refractivity contribution in [3.05, 3.63) is 94.4 Å². The third-order valence-corrected chi connectivity index (χ3v) is 5.85. The van der Waals surface area contributed by atoms with E-state index >= 15 is 0 Å². The van der Waals surface area contributed by atoms with Gasteiger partial charge in [-0.25, -0.2) is 0 Å². The lowest BCUT2D eigenvalue weighted by molar-refractivity contribution is 0.0594. The van der Waals surface area contributed by atoms with Gasteiger partial charge in [-0.2, -0.15) is 0 Å². The number of piperidine rings is 1. The Labute approximate surface area is 169 Å². The lowest BCUT2D eigenvalue weighted by Gasteiger charge is -2.42. The van der Waals surface area contributed by atoms with Crippen molar-refractivity contribution < 1.29 is 9.53 Å². The Bertz CT molecular complexity index is 1090.